The lowest BCUT2D eigenvalue weighted by molar-refractivity contribution is 0.384. The van der Waals surface area contributed by atoms with Crippen LogP contribution in [0.4, 0.5) is 0 Å². The summed E-state index contributed by atoms with van der Waals surface area (Å²) in [5, 5.41) is 3.41. The lowest BCUT2D eigenvalue weighted by Crippen LogP contribution is -2.24. The average molecular weight is 237 g/mol. The molecule has 0 heterocycles. The van der Waals surface area contributed by atoms with E-state index in [2.05, 4.69) is 19.2 Å². The summed E-state index contributed by atoms with van der Waals surface area (Å²) in [5.74, 6) is 1.82. The highest BCUT2D eigenvalue weighted by molar-refractivity contribution is 5.44. The van der Waals surface area contributed by atoms with Crippen molar-refractivity contribution in [3.8, 4) is 11.5 Å². The van der Waals surface area contributed by atoms with Crippen molar-refractivity contribution in [1.82, 2.24) is 5.32 Å². The van der Waals surface area contributed by atoms with E-state index >= 15 is 0 Å². The van der Waals surface area contributed by atoms with E-state index < -0.39 is 0 Å². The topological polar surface area (TPSA) is 30.5 Å². The lowest BCUT2D eigenvalue weighted by atomic mass is 10.1. The van der Waals surface area contributed by atoms with Crippen LogP contribution in [-0.4, -0.2) is 26.8 Å². The minimum absolute atomic E-state index is 0.537. The van der Waals surface area contributed by atoms with Gasteiger partial charge < -0.3 is 14.8 Å². The van der Waals surface area contributed by atoms with Crippen LogP contribution in [0.25, 0.3) is 0 Å². The lowest BCUT2D eigenvalue weighted by Gasteiger charge is -2.13. The van der Waals surface area contributed by atoms with Gasteiger partial charge in [-0.3, -0.25) is 0 Å². The third-order valence-corrected chi connectivity index (χ3v) is 2.69. The number of benzene rings is 1. The van der Waals surface area contributed by atoms with Gasteiger partial charge in [-0.05, 0) is 31.5 Å². The molecule has 0 fully saturated rings. The van der Waals surface area contributed by atoms with Gasteiger partial charge in [-0.1, -0.05) is 19.9 Å². The van der Waals surface area contributed by atoms with E-state index in [-0.39, 0.29) is 0 Å². The van der Waals surface area contributed by atoms with Gasteiger partial charge in [0.15, 0.2) is 0 Å². The van der Waals surface area contributed by atoms with E-state index in [4.69, 9.17) is 9.47 Å². The first-order valence-corrected chi connectivity index (χ1v) is 6.12. The molecule has 0 atom stereocenters. The highest BCUT2D eigenvalue weighted by atomic mass is 16.5. The molecule has 0 aliphatic heterocycles. The molecule has 0 amide bonds. The normalized spacial score (nSPS) is 10.6. The Morgan fingerprint density at radius 2 is 1.71 bits per heavy atom. The number of hydrogen-bond acceptors (Lipinski definition) is 3. The highest BCUT2D eigenvalue weighted by Crippen LogP contribution is 2.29. The van der Waals surface area contributed by atoms with E-state index in [1.54, 1.807) is 14.2 Å². The maximum Gasteiger partial charge on any atom is 0.125 e. The third-order valence-electron chi connectivity index (χ3n) is 2.69. The van der Waals surface area contributed by atoms with Gasteiger partial charge in [0.2, 0.25) is 0 Å². The van der Waals surface area contributed by atoms with Crippen LogP contribution in [0.15, 0.2) is 18.2 Å². The zero-order valence-corrected chi connectivity index (χ0v) is 11.2. The summed E-state index contributed by atoms with van der Waals surface area (Å²) in [6, 6.07) is 6.45. The molecular weight excluding hydrogens is 214 g/mol. The quantitative estimate of drug-likeness (QED) is 0.739. The fourth-order valence-corrected chi connectivity index (χ4v) is 1.83. The maximum atomic E-state index is 5.37. The molecule has 0 unspecified atom stereocenters. The summed E-state index contributed by atoms with van der Waals surface area (Å²) in [4.78, 5) is 0. The molecule has 1 aromatic carbocycles. The van der Waals surface area contributed by atoms with Crippen molar-refractivity contribution in [3.05, 3.63) is 23.8 Å². The van der Waals surface area contributed by atoms with Crippen LogP contribution in [0.1, 0.15) is 25.8 Å². The molecule has 0 radical (unpaired) electrons. The molecule has 0 aliphatic carbocycles. The molecule has 0 saturated heterocycles. The van der Waals surface area contributed by atoms with Gasteiger partial charge in [0, 0.05) is 11.6 Å². The number of ether oxygens (including phenoxy) is 2. The first-order chi connectivity index (χ1) is 8.19. The van der Waals surface area contributed by atoms with Crippen LogP contribution in [0.3, 0.4) is 0 Å². The van der Waals surface area contributed by atoms with Crippen LogP contribution >= 0.6 is 0 Å². The molecule has 17 heavy (non-hydrogen) atoms. The Balaban J connectivity index is 2.61. The van der Waals surface area contributed by atoms with E-state index in [0.29, 0.717) is 6.04 Å². The van der Waals surface area contributed by atoms with E-state index in [9.17, 15) is 0 Å². The first kappa shape index (κ1) is 13.8. The molecule has 0 spiro atoms. The number of nitrogens with one attached hydrogen (secondary N) is 1. The number of hydrogen-bond donors (Lipinski definition) is 1. The summed E-state index contributed by atoms with van der Waals surface area (Å²) in [6.07, 6.45) is 2.04. The summed E-state index contributed by atoms with van der Waals surface area (Å²) < 4.78 is 10.7. The van der Waals surface area contributed by atoms with E-state index in [1.165, 1.54) is 0 Å². The maximum absolute atomic E-state index is 5.37. The molecule has 1 aromatic rings. The van der Waals surface area contributed by atoms with Crippen LogP contribution in [0.2, 0.25) is 0 Å². The Bertz CT molecular complexity index is 315. The zero-order valence-electron chi connectivity index (χ0n) is 11.2. The Hall–Kier alpha value is -1.22. The van der Waals surface area contributed by atoms with Gasteiger partial charge in [-0.15, -0.1) is 0 Å². The third kappa shape index (κ3) is 4.27. The van der Waals surface area contributed by atoms with Crippen molar-refractivity contribution < 1.29 is 9.47 Å². The van der Waals surface area contributed by atoms with Crippen molar-refractivity contribution >= 4 is 0 Å². The van der Waals surface area contributed by atoms with Crippen LogP contribution in [0.5, 0.6) is 11.5 Å². The summed E-state index contributed by atoms with van der Waals surface area (Å²) >= 11 is 0. The fraction of sp³-hybridized carbons (Fsp3) is 0.571. The van der Waals surface area contributed by atoms with Gasteiger partial charge in [0.05, 0.1) is 14.2 Å². The van der Waals surface area contributed by atoms with Gasteiger partial charge in [0.25, 0.3) is 0 Å². The second-order valence-electron chi connectivity index (χ2n) is 4.35. The molecule has 0 aliphatic rings. The van der Waals surface area contributed by atoms with Crippen molar-refractivity contribution in [2.24, 2.45) is 0 Å². The van der Waals surface area contributed by atoms with Crippen molar-refractivity contribution in [2.45, 2.75) is 32.7 Å². The SMILES string of the molecule is COc1cccc(OC)c1CCCNC(C)C. The number of methoxy groups -OCH3 is 2. The van der Waals surface area contributed by atoms with Crippen LogP contribution in [-0.2, 0) is 6.42 Å². The van der Waals surface area contributed by atoms with Crippen molar-refractivity contribution in [3.63, 3.8) is 0 Å². The molecule has 0 bridgehead atoms. The molecule has 0 saturated carbocycles. The Kier molecular flexibility index (Phi) is 5.84. The first-order valence-electron chi connectivity index (χ1n) is 6.12. The minimum Gasteiger partial charge on any atom is -0.496 e. The van der Waals surface area contributed by atoms with Gasteiger partial charge in [-0.25, -0.2) is 0 Å². The Morgan fingerprint density at radius 1 is 1.12 bits per heavy atom. The minimum atomic E-state index is 0.537. The van der Waals surface area contributed by atoms with Crippen molar-refractivity contribution in [2.75, 3.05) is 20.8 Å². The number of rotatable bonds is 7. The van der Waals surface area contributed by atoms with E-state index in [1.807, 2.05) is 18.2 Å². The van der Waals surface area contributed by atoms with Crippen LogP contribution in [0, 0.1) is 0 Å². The zero-order chi connectivity index (χ0) is 12.7. The van der Waals surface area contributed by atoms with Crippen LogP contribution < -0.4 is 14.8 Å². The summed E-state index contributed by atoms with van der Waals surface area (Å²) in [7, 11) is 3.40. The second-order valence-corrected chi connectivity index (χ2v) is 4.35. The molecular formula is C14H23NO2. The average Bonchev–Trinajstić information content (AvgIpc) is 2.34. The summed E-state index contributed by atoms with van der Waals surface area (Å²) in [5.41, 5.74) is 1.16. The van der Waals surface area contributed by atoms with Crippen molar-refractivity contribution in [1.29, 1.82) is 0 Å². The molecule has 1 rings (SSSR count). The predicted molar refractivity (Wildman–Crippen MR) is 71.0 cm³/mol. The molecule has 1 N–H and O–H groups in total. The standard InChI is InChI=1S/C14H23NO2/c1-11(2)15-10-6-7-12-13(16-3)8-5-9-14(12)17-4/h5,8-9,11,15H,6-7,10H2,1-4H3. The van der Waals surface area contributed by atoms with E-state index in [0.717, 1.165) is 36.4 Å². The predicted octanol–water partition coefficient (Wildman–Crippen LogP) is 2.63. The highest BCUT2D eigenvalue weighted by Gasteiger charge is 2.08. The molecule has 3 nitrogen and oxygen atoms in total. The smallest absolute Gasteiger partial charge is 0.125 e. The largest absolute Gasteiger partial charge is 0.496 e. The Morgan fingerprint density at radius 3 is 2.18 bits per heavy atom. The fourth-order valence-electron chi connectivity index (χ4n) is 1.83. The second kappa shape index (κ2) is 7.17. The van der Waals surface area contributed by atoms with Gasteiger partial charge >= 0.3 is 0 Å². The summed E-state index contributed by atoms with van der Waals surface area (Å²) in [6.45, 7) is 5.33. The van der Waals surface area contributed by atoms with Gasteiger partial charge in [0.1, 0.15) is 11.5 Å². The monoisotopic (exact) mass is 237 g/mol. The van der Waals surface area contributed by atoms with Gasteiger partial charge in [-0.2, -0.15) is 0 Å². The Labute approximate surface area is 104 Å². The molecule has 96 valence electrons. The molecule has 3 heteroatoms. The molecule has 0 aromatic heterocycles.